The molecule has 0 amide bonds. The zero-order valence-corrected chi connectivity index (χ0v) is 11.2. The van der Waals surface area contributed by atoms with E-state index in [1.165, 1.54) is 0 Å². The van der Waals surface area contributed by atoms with Gasteiger partial charge in [0, 0.05) is 6.54 Å². The minimum absolute atomic E-state index is 0.379. The average Bonchev–Trinajstić information content (AvgIpc) is 2.83. The van der Waals surface area contributed by atoms with Crippen molar-refractivity contribution in [1.82, 2.24) is 4.90 Å². The van der Waals surface area contributed by atoms with E-state index in [1.54, 1.807) is 0 Å². The predicted octanol–water partition coefficient (Wildman–Crippen LogP) is 2.05. The van der Waals surface area contributed by atoms with E-state index in [2.05, 4.69) is 0 Å². The van der Waals surface area contributed by atoms with Crippen LogP contribution in [0.4, 0.5) is 0 Å². The van der Waals surface area contributed by atoms with Crippen molar-refractivity contribution in [2.24, 2.45) is 0 Å². The molecule has 0 aliphatic carbocycles. The normalized spacial score (nSPS) is 25.4. The van der Waals surface area contributed by atoms with Gasteiger partial charge >= 0.3 is 5.97 Å². The van der Waals surface area contributed by atoms with Gasteiger partial charge in [0.05, 0.1) is 6.10 Å². The van der Waals surface area contributed by atoms with Gasteiger partial charge in [-0.05, 0) is 31.4 Å². The second kappa shape index (κ2) is 5.72. The minimum Gasteiger partial charge on any atom is -0.480 e. The lowest BCUT2D eigenvalue weighted by Crippen LogP contribution is -2.51. The molecule has 2 atom stereocenters. The van der Waals surface area contributed by atoms with Crippen LogP contribution in [0.25, 0.3) is 0 Å². The summed E-state index contributed by atoms with van der Waals surface area (Å²) in [6.45, 7) is 3.02. The first-order chi connectivity index (χ1) is 9.10. The molecule has 4 heteroatoms. The number of hydrogen-bond donors (Lipinski definition) is 2. The van der Waals surface area contributed by atoms with Gasteiger partial charge in [-0.15, -0.1) is 0 Å². The van der Waals surface area contributed by atoms with Crippen LogP contribution in [0.3, 0.4) is 0 Å². The summed E-state index contributed by atoms with van der Waals surface area (Å²) in [5, 5.41) is 19.8. The maximum absolute atomic E-state index is 11.6. The van der Waals surface area contributed by atoms with Gasteiger partial charge in [0.25, 0.3) is 0 Å². The molecule has 0 aromatic heterocycles. The van der Waals surface area contributed by atoms with Crippen molar-refractivity contribution < 1.29 is 15.0 Å². The summed E-state index contributed by atoms with van der Waals surface area (Å²) in [6, 6.07) is 9.41. The fourth-order valence-electron chi connectivity index (χ4n) is 2.98. The van der Waals surface area contributed by atoms with Crippen LogP contribution in [0.5, 0.6) is 0 Å². The van der Waals surface area contributed by atoms with Crippen LogP contribution in [0.15, 0.2) is 30.3 Å². The molecule has 2 rings (SSSR count). The first kappa shape index (κ1) is 14.0. The first-order valence-corrected chi connectivity index (χ1v) is 6.81. The molecule has 1 aliphatic heterocycles. The largest absolute Gasteiger partial charge is 0.480 e. The standard InChI is InChI=1S/C15H21NO3/c1-2-15(14(18)19)9-6-10-16(15)11-13(17)12-7-4-3-5-8-12/h3-5,7-8,13,17H,2,6,9-11H2,1H3,(H,18,19). The van der Waals surface area contributed by atoms with E-state index in [-0.39, 0.29) is 0 Å². The van der Waals surface area contributed by atoms with Gasteiger partial charge < -0.3 is 10.2 Å². The molecule has 1 saturated heterocycles. The van der Waals surface area contributed by atoms with E-state index in [0.29, 0.717) is 19.4 Å². The van der Waals surface area contributed by atoms with E-state index in [0.717, 1.165) is 18.5 Å². The molecule has 1 fully saturated rings. The number of carbonyl (C=O) groups is 1. The monoisotopic (exact) mass is 263 g/mol. The van der Waals surface area contributed by atoms with Crippen molar-refractivity contribution in [2.45, 2.75) is 37.8 Å². The summed E-state index contributed by atoms with van der Waals surface area (Å²) < 4.78 is 0. The molecule has 1 heterocycles. The van der Waals surface area contributed by atoms with E-state index in [9.17, 15) is 15.0 Å². The molecule has 1 aromatic carbocycles. The third-order valence-electron chi connectivity index (χ3n) is 4.18. The van der Waals surface area contributed by atoms with Gasteiger partial charge in [-0.3, -0.25) is 9.69 Å². The summed E-state index contributed by atoms with van der Waals surface area (Å²) in [4.78, 5) is 13.5. The van der Waals surface area contributed by atoms with Crippen molar-refractivity contribution in [3.63, 3.8) is 0 Å². The van der Waals surface area contributed by atoms with Crippen LogP contribution in [-0.2, 0) is 4.79 Å². The van der Waals surface area contributed by atoms with E-state index in [4.69, 9.17) is 0 Å². The molecular formula is C15H21NO3. The number of aliphatic hydroxyl groups is 1. The Morgan fingerprint density at radius 3 is 2.68 bits per heavy atom. The summed E-state index contributed by atoms with van der Waals surface area (Å²) >= 11 is 0. The van der Waals surface area contributed by atoms with Gasteiger partial charge in [0.1, 0.15) is 5.54 Å². The van der Waals surface area contributed by atoms with Crippen LogP contribution in [0.2, 0.25) is 0 Å². The summed E-state index contributed by atoms with van der Waals surface area (Å²) in [5.74, 6) is -0.771. The number of hydrogen-bond acceptors (Lipinski definition) is 3. The highest BCUT2D eigenvalue weighted by Crippen LogP contribution is 2.34. The number of aliphatic carboxylic acids is 1. The van der Waals surface area contributed by atoms with Crippen molar-refractivity contribution in [3.05, 3.63) is 35.9 Å². The van der Waals surface area contributed by atoms with Gasteiger partial charge in [-0.25, -0.2) is 0 Å². The maximum atomic E-state index is 11.6. The topological polar surface area (TPSA) is 60.8 Å². The third kappa shape index (κ3) is 2.65. The van der Waals surface area contributed by atoms with E-state index < -0.39 is 17.6 Å². The molecule has 104 valence electrons. The van der Waals surface area contributed by atoms with Crippen molar-refractivity contribution >= 4 is 5.97 Å². The van der Waals surface area contributed by atoms with Crippen LogP contribution in [0.1, 0.15) is 37.9 Å². The molecule has 0 saturated carbocycles. The number of carboxylic acids is 1. The van der Waals surface area contributed by atoms with Crippen LogP contribution in [-0.4, -0.2) is 39.7 Å². The second-order valence-electron chi connectivity index (χ2n) is 5.17. The number of aliphatic hydroxyl groups excluding tert-OH is 1. The molecule has 19 heavy (non-hydrogen) atoms. The average molecular weight is 263 g/mol. The highest BCUT2D eigenvalue weighted by Gasteiger charge is 2.46. The molecule has 0 bridgehead atoms. The van der Waals surface area contributed by atoms with Crippen LogP contribution in [0, 0.1) is 0 Å². The highest BCUT2D eigenvalue weighted by molar-refractivity contribution is 5.79. The Bertz CT molecular complexity index is 434. The molecule has 2 N–H and O–H groups in total. The quantitative estimate of drug-likeness (QED) is 0.853. The Balaban J connectivity index is 2.12. The second-order valence-corrected chi connectivity index (χ2v) is 5.17. The maximum Gasteiger partial charge on any atom is 0.324 e. The third-order valence-corrected chi connectivity index (χ3v) is 4.18. The molecule has 4 nitrogen and oxygen atoms in total. The SMILES string of the molecule is CCC1(C(=O)O)CCCN1CC(O)c1ccccc1. The summed E-state index contributed by atoms with van der Waals surface area (Å²) in [7, 11) is 0. The van der Waals surface area contributed by atoms with Gasteiger partial charge in [0.15, 0.2) is 0 Å². The molecule has 0 radical (unpaired) electrons. The summed E-state index contributed by atoms with van der Waals surface area (Å²) in [6.07, 6.45) is 1.48. The van der Waals surface area contributed by atoms with Gasteiger partial charge in [0.2, 0.25) is 0 Å². The summed E-state index contributed by atoms with van der Waals surface area (Å²) in [5.41, 5.74) is 0.0419. The zero-order chi connectivity index (χ0) is 13.9. The Morgan fingerprint density at radius 2 is 2.11 bits per heavy atom. The Kier molecular flexibility index (Phi) is 4.22. The van der Waals surface area contributed by atoms with Gasteiger partial charge in [-0.2, -0.15) is 0 Å². The van der Waals surface area contributed by atoms with Crippen molar-refractivity contribution in [2.75, 3.05) is 13.1 Å². The lowest BCUT2D eigenvalue weighted by Gasteiger charge is -2.35. The number of carboxylic acid groups (broad SMARTS) is 1. The minimum atomic E-state index is -0.796. The van der Waals surface area contributed by atoms with Gasteiger partial charge in [-0.1, -0.05) is 37.3 Å². The van der Waals surface area contributed by atoms with Crippen LogP contribution >= 0.6 is 0 Å². The Morgan fingerprint density at radius 1 is 1.42 bits per heavy atom. The van der Waals surface area contributed by atoms with E-state index in [1.807, 2.05) is 42.2 Å². The molecule has 0 spiro atoms. The molecule has 1 aliphatic rings. The van der Waals surface area contributed by atoms with Crippen molar-refractivity contribution in [1.29, 1.82) is 0 Å². The Hall–Kier alpha value is -1.39. The number of rotatable bonds is 5. The fraction of sp³-hybridized carbons (Fsp3) is 0.533. The number of β-amino-alcohol motifs (C(OH)–C–C–N with tert-alkyl or cyclic N) is 1. The first-order valence-electron chi connectivity index (χ1n) is 6.81. The lowest BCUT2D eigenvalue weighted by atomic mass is 9.92. The Labute approximate surface area is 113 Å². The molecule has 1 aromatic rings. The number of nitrogens with zero attached hydrogens (tertiary/aromatic N) is 1. The number of likely N-dealkylation sites (tertiary alicyclic amines) is 1. The predicted molar refractivity (Wildman–Crippen MR) is 72.9 cm³/mol. The smallest absolute Gasteiger partial charge is 0.324 e. The zero-order valence-electron chi connectivity index (χ0n) is 11.2. The lowest BCUT2D eigenvalue weighted by molar-refractivity contribution is -0.150. The fourth-order valence-corrected chi connectivity index (χ4v) is 2.98. The van der Waals surface area contributed by atoms with Crippen molar-refractivity contribution in [3.8, 4) is 0 Å². The number of benzene rings is 1. The molecule has 2 unspecified atom stereocenters. The highest BCUT2D eigenvalue weighted by atomic mass is 16.4. The van der Waals surface area contributed by atoms with Crippen LogP contribution < -0.4 is 0 Å². The molecular weight excluding hydrogens is 242 g/mol. The van der Waals surface area contributed by atoms with E-state index >= 15 is 0 Å².